The van der Waals surface area contributed by atoms with Crippen molar-refractivity contribution in [2.45, 2.75) is 25.5 Å². The standard InChI is InChI=1S/C33H27Cl2FN6O6/c1-41-27(15-43)40-42-14-17(11-26(42)32(41)45)19-5-3-6-20(29(19)34)21-7-4-8-22(30(21)35)25-12-24(36)23(31(39-25)47-2)16-48-33(46)37-13-18-9-10-28(44)38-18/h3-8,11-12,14-15,18H,9-10,13,16H2,1-2H3,(H,37,46)(H,38,44). The molecule has 0 bridgehead atoms. The van der Waals surface area contributed by atoms with E-state index in [1.54, 1.807) is 48.7 Å². The van der Waals surface area contributed by atoms with E-state index < -0.39 is 24.1 Å². The molecule has 0 saturated carbocycles. The van der Waals surface area contributed by atoms with Gasteiger partial charge in [-0.15, -0.1) is 5.10 Å². The molecule has 1 aliphatic heterocycles. The van der Waals surface area contributed by atoms with Crippen LogP contribution in [-0.2, 0) is 23.2 Å². The first-order chi connectivity index (χ1) is 23.1. The number of nitrogens with zero attached hydrogens (tertiary/aromatic N) is 4. The number of hydrogen-bond donors (Lipinski definition) is 2. The number of ether oxygens (including phenoxy) is 2. The number of benzene rings is 2. The molecule has 0 aliphatic carbocycles. The zero-order chi connectivity index (χ0) is 34.1. The van der Waals surface area contributed by atoms with Crippen LogP contribution in [0.25, 0.3) is 39.0 Å². The van der Waals surface area contributed by atoms with Crippen LogP contribution in [0.15, 0.2) is 59.5 Å². The van der Waals surface area contributed by atoms with E-state index in [0.29, 0.717) is 52.0 Å². The summed E-state index contributed by atoms with van der Waals surface area (Å²) in [6, 6.07) is 13.1. The highest BCUT2D eigenvalue weighted by molar-refractivity contribution is 6.39. The van der Waals surface area contributed by atoms with E-state index in [9.17, 15) is 19.2 Å². The fourth-order valence-corrected chi connectivity index (χ4v) is 6.14. The number of aromatic nitrogens is 4. The Morgan fingerprint density at radius 1 is 1.10 bits per heavy atom. The number of halogens is 3. The van der Waals surface area contributed by atoms with Crippen molar-refractivity contribution in [2.24, 2.45) is 7.05 Å². The fraction of sp³-hybridized carbons (Fsp3) is 0.212. The third-order valence-corrected chi connectivity index (χ3v) is 8.82. The van der Waals surface area contributed by atoms with E-state index in [1.807, 2.05) is 0 Å². The van der Waals surface area contributed by atoms with Crippen molar-refractivity contribution in [3.8, 4) is 39.4 Å². The number of carbonyl (C=O) groups excluding carboxylic acids is 3. The fourth-order valence-electron chi connectivity index (χ4n) is 5.48. The second kappa shape index (κ2) is 13.5. The van der Waals surface area contributed by atoms with Gasteiger partial charge in [-0.25, -0.2) is 18.7 Å². The van der Waals surface area contributed by atoms with Gasteiger partial charge in [0.05, 0.1) is 28.4 Å². The number of amides is 2. The first-order valence-electron chi connectivity index (χ1n) is 14.7. The molecule has 246 valence electrons. The van der Waals surface area contributed by atoms with Gasteiger partial charge in [0.15, 0.2) is 12.1 Å². The quantitative estimate of drug-likeness (QED) is 0.201. The molecular weight excluding hydrogens is 666 g/mol. The molecule has 1 aliphatic rings. The van der Waals surface area contributed by atoms with Crippen LogP contribution in [-0.4, -0.2) is 57.1 Å². The first-order valence-corrected chi connectivity index (χ1v) is 15.4. The molecule has 0 radical (unpaired) electrons. The first kappa shape index (κ1) is 32.7. The molecule has 15 heteroatoms. The second-order valence-electron chi connectivity index (χ2n) is 11.0. The Kier molecular flexibility index (Phi) is 9.16. The number of rotatable bonds is 9. The van der Waals surface area contributed by atoms with Crippen LogP contribution >= 0.6 is 23.2 Å². The smallest absolute Gasteiger partial charge is 0.407 e. The molecule has 2 N–H and O–H groups in total. The van der Waals surface area contributed by atoms with Gasteiger partial charge in [0.2, 0.25) is 11.8 Å². The minimum Gasteiger partial charge on any atom is -0.481 e. The van der Waals surface area contributed by atoms with Gasteiger partial charge in [0.25, 0.3) is 5.56 Å². The predicted molar refractivity (Wildman–Crippen MR) is 176 cm³/mol. The normalized spacial score (nSPS) is 14.2. The Bertz CT molecular complexity index is 2170. The second-order valence-corrected chi connectivity index (χ2v) is 11.7. The third-order valence-electron chi connectivity index (χ3n) is 8.01. The lowest BCUT2D eigenvalue weighted by Gasteiger charge is -2.15. The van der Waals surface area contributed by atoms with Gasteiger partial charge in [-0.05, 0) is 12.5 Å². The summed E-state index contributed by atoms with van der Waals surface area (Å²) < 4.78 is 28.5. The van der Waals surface area contributed by atoms with Gasteiger partial charge in [0.1, 0.15) is 17.9 Å². The molecule has 5 aromatic rings. The Labute approximate surface area is 282 Å². The summed E-state index contributed by atoms with van der Waals surface area (Å²) in [6.07, 6.45) is 2.32. The molecule has 6 rings (SSSR count). The molecule has 48 heavy (non-hydrogen) atoms. The molecule has 2 amide bonds. The maximum atomic E-state index is 15.5. The van der Waals surface area contributed by atoms with Crippen LogP contribution in [0, 0.1) is 5.82 Å². The summed E-state index contributed by atoms with van der Waals surface area (Å²) >= 11 is 13.9. The van der Waals surface area contributed by atoms with Gasteiger partial charge >= 0.3 is 6.09 Å². The largest absolute Gasteiger partial charge is 0.481 e. The van der Waals surface area contributed by atoms with Crippen LogP contribution in [0.1, 0.15) is 29.0 Å². The Balaban J connectivity index is 1.28. The van der Waals surface area contributed by atoms with E-state index in [4.69, 9.17) is 32.7 Å². The topological polar surface area (TPSA) is 146 Å². The van der Waals surface area contributed by atoms with Crippen LogP contribution in [0.5, 0.6) is 5.88 Å². The Morgan fingerprint density at radius 3 is 2.46 bits per heavy atom. The Morgan fingerprint density at radius 2 is 1.79 bits per heavy atom. The van der Waals surface area contributed by atoms with Crippen molar-refractivity contribution in [2.75, 3.05) is 13.7 Å². The van der Waals surface area contributed by atoms with Gasteiger partial charge < -0.3 is 20.1 Å². The molecule has 1 saturated heterocycles. The van der Waals surface area contributed by atoms with Crippen molar-refractivity contribution in [1.29, 1.82) is 0 Å². The SMILES string of the molecule is COc1nc(-c2cccc(-c3cccc(-c4cc5c(=O)n(C)c(C=O)nn5c4)c3Cl)c2Cl)cc(F)c1COC(=O)NCC1CCC(=O)N1. The minimum absolute atomic E-state index is 0.0298. The summed E-state index contributed by atoms with van der Waals surface area (Å²) in [5, 5.41) is 10.1. The van der Waals surface area contributed by atoms with E-state index in [1.165, 1.54) is 29.3 Å². The van der Waals surface area contributed by atoms with Crippen molar-refractivity contribution in [3.05, 3.63) is 92.3 Å². The van der Waals surface area contributed by atoms with E-state index >= 15 is 4.39 Å². The van der Waals surface area contributed by atoms with Gasteiger partial charge in [-0.1, -0.05) is 59.6 Å². The summed E-state index contributed by atoms with van der Waals surface area (Å²) in [7, 11) is 2.78. The van der Waals surface area contributed by atoms with Gasteiger partial charge in [0, 0.05) is 66.1 Å². The maximum absolute atomic E-state index is 15.5. The molecule has 1 fully saturated rings. The molecule has 3 aromatic heterocycles. The summed E-state index contributed by atoms with van der Waals surface area (Å²) in [4.78, 5) is 52.2. The lowest BCUT2D eigenvalue weighted by Crippen LogP contribution is -2.38. The van der Waals surface area contributed by atoms with Crippen molar-refractivity contribution in [3.63, 3.8) is 0 Å². The number of carbonyl (C=O) groups is 3. The van der Waals surface area contributed by atoms with Crippen LogP contribution in [0.4, 0.5) is 9.18 Å². The lowest BCUT2D eigenvalue weighted by molar-refractivity contribution is -0.119. The summed E-state index contributed by atoms with van der Waals surface area (Å²) in [5.74, 6) is -0.935. The average molecular weight is 694 g/mol. The highest BCUT2D eigenvalue weighted by Crippen LogP contribution is 2.42. The monoisotopic (exact) mass is 692 g/mol. The van der Waals surface area contributed by atoms with Crippen molar-refractivity contribution < 1.29 is 28.2 Å². The minimum atomic E-state index is -0.783. The zero-order valence-electron chi connectivity index (χ0n) is 25.6. The number of fused-ring (bicyclic) bond motifs is 1. The molecule has 2 aromatic carbocycles. The van der Waals surface area contributed by atoms with Crippen LogP contribution < -0.4 is 20.9 Å². The van der Waals surface area contributed by atoms with Crippen LogP contribution in [0.2, 0.25) is 10.0 Å². The van der Waals surface area contributed by atoms with Crippen LogP contribution in [0.3, 0.4) is 0 Å². The molecule has 4 heterocycles. The zero-order valence-corrected chi connectivity index (χ0v) is 27.1. The summed E-state index contributed by atoms with van der Waals surface area (Å²) in [6.45, 7) is -0.264. The summed E-state index contributed by atoms with van der Waals surface area (Å²) in [5.41, 5.74) is 2.62. The average Bonchev–Trinajstić information content (AvgIpc) is 3.70. The predicted octanol–water partition coefficient (Wildman–Crippen LogP) is 5.20. The highest BCUT2D eigenvalue weighted by atomic mass is 35.5. The van der Waals surface area contributed by atoms with Crippen molar-refractivity contribution in [1.82, 2.24) is 29.8 Å². The van der Waals surface area contributed by atoms with Crippen molar-refractivity contribution >= 4 is 47.0 Å². The number of alkyl carbamates (subject to hydrolysis) is 1. The van der Waals surface area contributed by atoms with Gasteiger partial charge in [-0.2, -0.15) is 0 Å². The van der Waals surface area contributed by atoms with Gasteiger partial charge in [-0.3, -0.25) is 19.0 Å². The number of methoxy groups -OCH3 is 1. The molecular formula is C33H27Cl2FN6O6. The number of pyridine rings is 1. The number of nitrogens with one attached hydrogen (secondary N) is 2. The van der Waals surface area contributed by atoms with E-state index in [2.05, 4.69) is 20.7 Å². The number of aldehydes is 1. The molecule has 1 unspecified atom stereocenters. The third kappa shape index (κ3) is 6.21. The highest BCUT2D eigenvalue weighted by Gasteiger charge is 2.23. The van der Waals surface area contributed by atoms with E-state index in [-0.39, 0.29) is 52.0 Å². The molecule has 12 nitrogen and oxygen atoms in total. The number of hydrogen-bond acceptors (Lipinski definition) is 8. The Hall–Kier alpha value is -5.27. The lowest BCUT2D eigenvalue weighted by atomic mass is 9.97. The van der Waals surface area contributed by atoms with E-state index in [0.717, 1.165) is 0 Å². The molecule has 0 spiro atoms. The molecule has 1 atom stereocenters. The maximum Gasteiger partial charge on any atom is 0.407 e.